The lowest BCUT2D eigenvalue weighted by Gasteiger charge is -2.11. The minimum absolute atomic E-state index is 0.460. The van der Waals surface area contributed by atoms with Crippen LogP contribution in [-0.2, 0) is 13.6 Å². The Balaban J connectivity index is 2.35. The molecule has 0 saturated heterocycles. The first kappa shape index (κ1) is 12.4. The van der Waals surface area contributed by atoms with Gasteiger partial charge in [0.05, 0.1) is 28.5 Å². The van der Waals surface area contributed by atoms with Gasteiger partial charge in [0.25, 0.3) is 0 Å². The van der Waals surface area contributed by atoms with Crippen molar-refractivity contribution in [2.24, 2.45) is 7.05 Å². The SMILES string of the molecule is Cc1nn(C)c(Cn2cccc2C(C)O)c1Br. The lowest BCUT2D eigenvalue weighted by atomic mass is 10.3. The third-order valence-corrected chi connectivity index (χ3v) is 3.91. The summed E-state index contributed by atoms with van der Waals surface area (Å²) in [5, 5.41) is 14.0. The number of hydrogen-bond acceptors (Lipinski definition) is 2. The van der Waals surface area contributed by atoms with Crippen LogP contribution in [-0.4, -0.2) is 19.5 Å². The Kier molecular flexibility index (Phi) is 3.40. The first-order valence-corrected chi connectivity index (χ1v) is 6.31. The van der Waals surface area contributed by atoms with Gasteiger partial charge in [-0.3, -0.25) is 4.68 Å². The molecule has 0 amide bonds. The molecule has 2 aromatic rings. The molecule has 0 spiro atoms. The van der Waals surface area contributed by atoms with Crippen molar-refractivity contribution in [3.8, 4) is 0 Å². The van der Waals surface area contributed by atoms with Crippen molar-refractivity contribution in [1.82, 2.24) is 14.3 Å². The predicted octanol–water partition coefficient (Wildman–Crippen LogP) is 2.39. The van der Waals surface area contributed by atoms with Gasteiger partial charge in [-0.2, -0.15) is 5.10 Å². The molecule has 2 rings (SSSR count). The van der Waals surface area contributed by atoms with Gasteiger partial charge >= 0.3 is 0 Å². The summed E-state index contributed by atoms with van der Waals surface area (Å²) in [5.74, 6) is 0. The standard InChI is InChI=1S/C12H16BrN3O/c1-8-12(13)11(15(3)14-8)7-16-6-4-5-10(16)9(2)17/h4-6,9,17H,7H2,1-3H3. The highest BCUT2D eigenvalue weighted by molar-refractivity contribution is 9.10. The van der Waals surface area contributed by atoms with Crippen molar-refractivity contribution in [2.45, 2.75) is 26.5 Å². The Hall–Kier alpha value is -1.07. The van der Waals surface area contributed by atoms with E-state index in [1.165, 1.54) is 0 Å². The van der Waals surface area contributed by atoms with E-state index in [9.17, 15) is 5.11 Å². The topological polar surface area (TPSA) is 43.0 Å². The van der Waals surface area contributed by atoms with Crippen molar-refractivity contribution in [2.75, 3.05) is 0 Å². The van der Waals surface area contributed by atoms with E-state index in [0.717, 1.165) is 21.6 Å². The number of rotatable bonds is 3. The van der Waals surface area contributed by atoms with E-state index in [-0.39, 0.29) is 0 Å². The van der Waals surface area contributed by atoms with Crippen LogP contribution in [0.3, 0.4) is 0 Å². The molecule has 17 heavy (non-hydrogen) atoms. The fourth-order valence-corrected chi connectivity index (χ4v) is 2.43. The highest BCUT2D eigenvalue weighted by Gasteiger charge is 2.13. The maximum absolute atomic E-state index is 9.66. The molecular weight excluding hydrogens is 282 g/mol. The van der Waals surface area contributed by atoms with E-state index in [0.29, 0.717) is 6.54 Å². The predicted molar refractivity (Wildman–Crippen MR) is 69.8 cm³/mol. The lowest BCUT2D eigenvalue weighted by Crippen LogP contribution is -2.09. The average molecular weight is 298 g/mol. The number of aromatic nitrogens is 3. The zero-order valence-electron chi connectivity index (χ0n) is 10.2. The monoisotopic (exact) mass is 297 g/mol. The highest BCUT2D eigenvalue weighted by Crippen LogP contribution is 2.23. The molecule has 2 heterocycles. The molecule has 0 bridgehead atoms. The number of halogens is 1. The molecule has 0 aliphatic heterocycles. The Labute approximate surface area is 109 Å². The summed E-state index contributed by atoms with van der Waals surface area (Å²) >= 11 is 3.55. The summed E-state index contributed by atoms with van der Waals surface area (Å²) in [6, 6.07) is 3.88. The van der Waals surface area contributed by atoms with Crippen LogP contribution in [0.25, 0.3) is 0 Å². The quantitative estimate of drug-likeness (QED) is 0.945. The average Bonchev–Trinajstić information content (AvgIpc) is 2.80. The second-order valence-electron chi connectivity index (χ2n) is 4.21. The Morgan fingerprint density at radius 3 is 2.76 bits per heavy atom. The smallest absolute Gasteiger partial charge is 0.0911 e. The molecular formula is C12H16BrN3O. The van der Waals surface area contributed by atoms with Gasteiger partial charge in [0.2, 0.25) is 0 Å². The number of aliphatic hydroxyl groups is 1. The zero-order valence-corrected chi connectivity index (χ0v) is 11.8. The van der Waals surface area contributed by atoms with E-state index in [1.807, 2.05) is 41.5 Å². The van der Waals surface area contributed by atoms with E-state index in [2.05, 4.69) is 21.0 Å². The normalized spacial score (nSPS) is 13.0. The molecule has 0 saturated carbocycles. The minimum Gasteiger partial charge on any atom is -0.387 e. The second kappa shape index (κ2) is 4.66. The van der Waals surface area contributed by atoms with Crippen LogP contribution in [0.2, 0.25) is 0 Å². The number of hydrogen-bond donors (Lipinski definition) is 1. The van der Waals surface area contributed by atoms with E-state index in [4.69, 9.17) is 0 Å². The molecule has 1 atom stereocenters. The van der Waals surface area contributed by atoms with Crippen molar-refractivity contribution >= 4 is 15.9 Å². The molecule has 1 unspecified atom stereocenters. The molecule has 0 radical (unpaired) electrons. The van der Waals surface area contributed by atoms with Crippen molar-refractivity contribution in [3.63, 3.8) is 0 Å². The van der Waals surface area contributed by atoms with Gasteiger partial charge in [0, 0.05) is 18.9 Å². The molecule has 4 nitrogen and oxygen atoms in total. The third-order valence-electron chi connectivity index (χ3n) is 2.87. The summed E-state index contributed by atoms with van der Waals surface area (Å²) < 4.78 is 4.93. The van der Waals surface area contributed by atoms with Gasteiger partial charge in [0.1, 0.15) is 0 Å². The summed E-state index contributed by atoms with van der Waals surface area (Å²) in [7, 11) is 1.93. The largest absolute Gasteiger partial charge is 0.387 e. The van der Waals surface area contributed by atoms with Crippen LogP contribution in [0, 0.1) is 6.92 Å². The van der Waals surface area contributed by atoms with Crippen molar-refractivity contribution in [1.29, 1.82) is 0 Å². The Morgan fingerprint density at radius 2 is 2.24 bits per heavy atom. The Morgan fingerprint density at radius 1 is 1.53 bits per heavy atom. The highest BCUT2D eigenvalue weighted by atomic mass is 79.9. The van der Waals surface area contributed by atoms with Crippen LogP contribution in [0.15, 0.2) is 22.8 Å². The molecule has 92 valence electrons. The molecule has 1 N–H and O–H groups in total. The summed E-state index contributed by atoms with van der Waals surface area (Å²) in [4.78, 5) is 0. The van der Waals surface area contributed by atoms with Crippen LogP contribution in [0.5, 0.6) is 0 Å². The maximum atomic E-state index is 9.66. The van der Waals surface area contributed by atoms with Gasteiger partial charge < -0.3 is 9.67 Å². The lowest BCUT2D eigenvalue weighted by molar-refractivity contribution is 0.189. The molecule has 0 aliphatic carbocycles. The van der Waals surface area contributed by atoms with Gasteiger partial charge in [-0.1, -0.05) is 0 Å². The summed E-state index contributed by atoms with van der Waals surface area (Å²) in [6.45, 7) is 4.44. The molecule has 5 heteroatoms. The number of nitrogens with zero attached hydrogens (tertiary/aromatic N) is 3. The zero-order chi connectivity index (χ0) is 12.6. The minimum atomic E-state index is -0.460. The fraction of sp³-hybridized carbons (Fsp3) is 0.417. The van der Waals surface area contributed by atoms with Gasteiger partial charge in [-0.05, 0) is 41.9 Å². The molecule has 0 aliphatic rings. The Bertz CT molecular complexity index is 528. The number of aliphatic hydroxyl groups excluding tert-OH is 1. The van der Waals surface area contributed by atoms with Gasteiger partial charge in [-0.25, -0.2) is 0 Å². The van der Waals surface area contributed by atoms with E-state index >= 15 is 0 Å². The summed E-state index contributed by atoms with van der Waals surface area (Å²) in [6.07, 6.45) is 1.51. The van der Waals surface area contributed by atoms with Gasteiger partial charge in [0.15, 0.2) is 0 Å². The van der Waals surface area contributed by atoms with Crippen LogP contribution in [0.4, 0.5) is 0 Å². The van der Waals surface area contributed by atoms with E-state index in [1.54, 1.807) is 6.92 Å². The molecule has 2 aromatic heterocycles. The summed E-state index contributed by atoms with van der Waals surface area (Å²) in [5.41, 5.74) is 2.99. The number of aryl methyl sites for hydroxylation is 2. The van der Waals surface area contributed by atoms with Crippen LogP contribution in [0.1, 0.15) is 30.1 Å². The maximum Gasteiger partial charge on any atom is 0.0911 e. The first-order chi connectivity index (χ1) is 8.00. The third kappa shape index (κ3) is 2.30. The van der Waals surface area contributed by atoms with Crippen molar-refractivity contribution < 1.29 is 5.11 Å². The first-order valence-electron chi connectivity index (χ1n) is 5.51. The van der Waals surface area contributed by atoms with Crippen LogP contribution >= 0.6 is 15.9 Å². The second-order valence-corrected chi connectivity index (χ2v) is 5.00. The van der Waals surface area contributed by atoms with Crippen molar-refractivity contribution in [3.05, 3.63) is 39.9 Å². The molecule has 0 fully saturated rings. The van der Waals surface area contributed by atoms with Crippen LogP contribution < -0.4 is 0 Å². The van der Waals surface area contributed by atoms with Gasteiger partial charge in [-0.15, -0.1) is 0 Å². The molecule has 0 aromatic carbocycles. The fourth-order valence-electron chi connectivity index (χ4n) is 1.96. The van der Waals surface area contributed by atoms with E-state index < -0.39 is 6.10 Å².